The first-order valence-electron chi connectivity index (χ1n) is 8.23. The Bertz CT molecular complexity index is 1040. The van der Waals surface area contributed by atoms with Gasteiger partial charge in [0.05, 0.1) is 13.2 Å². The highest BCUT2D eigenvalue weighted by Gasteiger charge is 2.26. The van der Waals surface area contributed by atoms with Crippen LogP contribution in [0, 0.1) is 0 Å². The second-order valence-corrected chi connectivity index (χ2v) is 6.35. The molecule has 0 aliphatic carbocycles. The van der Waals surface area contributed by atoms with Gasteiger partial charge in [0.25, 0.3) is 0 Å². The number of hydrogen-bond acceptors (Lipinski definition) is 5. The van der Waals surface area contributed by atoms with Crippen molar-refractivity contribution in [3.05, 3.63) is 47.5 Å². The van der Waals surface area contributed by atoms with Crippen LogP contribution in [-0.2, 0) is 18.0 Å². The molecular weight excluding hydrogens is 320 g/mol. The van der Waals surface area contributed by atoms with E-state index in [4.69, 9.17) is 23.7 Å². The van der Waals surface area contributed by atoms with Crippen LogP contribution in [0.3, 0.4) is 0 Å². The normalized spacial score (nSPS) is 16.5. The van der Waals surface area contributed by atoms with Crippen molar-refractivity contribution in [3.63, 3.8) is 0 Å². The van der Waals surface area contributed by atoms with Gasteiger partial charge < -0.3 is 23.7 Å². The molecule has 3 heterocycles. The van der Waals surface area contributed by atoms with Crippen molar-refractivity contribution in [1.82, 2.24) is 0 Å². The molecule has 0 aromatic heterocycles. The highest BCUT2D eigenvalue weighted by molar-refractivity contribution is 6.05. The molecule has 6 rings (SSSR count). The van der Waals surface area contributed by atoms with Gasteiger partial charge in [-0.15, -0.1) is 0 Å². The third-order valence-electron chi connectivity index (χ3n) is 5.01. The summed E-state index contributed by atoms with van der Waals surface area (Å²) in [6.07, 6.45) is 0. The average Bonchev–Trinajstić information content (AvgIpc) is 3.37. The summed E-state index contributed by atoms with van der Waals surface area (Å²) < 4.78 is 28.2. The van der Waals surface area contributed by atoms with Gasteiger partial charge in [0, 0.05) is 5.39 Å². The molecule has 0 fully saturated rings. The molecule has 3 aliphatic rings. The van der Waals surface area contributed by atoms with Crippen LogP contribution in [0.2, 0.25) is 0 Å². The molecular formula is C20H14O5. The lowest BCUT2D eigenvalue weighted by atomic mass is 9.90. The van der Waals surface area contributed by atoms with Crippen LogP contribution >= 0.6 is 0 Å². The predicted octanol–water partition coefficient (Wildman–Crippen LogP) is 3.99. The molecule has 3 aromatic rings. The standard InChI is InChI=1S/C20H14O5/c1-3-15-17(24-9-22-15)6-12(1)18-14-8-21-7-13(14)5-11-2-4-16-20(19(11)18)25-10-23-16/h1-6H,7-10H2. The molecule has 3 aliphatic heterocycles. The Balaban J connectivity index is 1.72. The van der Waals surface area contributed by atoms with Crippen LogP contribution < -0.4 is 18.9 Å². The Morgan fingerprint density at radius 1 is 0.720 bits per heavy atom. The van der Waals surface area contributed by atoms with E-state index in [-0.39, 0.29) is 13.6 Å². The van der Waals surface area contributed by atoms with E-state index < -0.39 is 0 Å². The molecule has 0 bridgehead atoms. The first kappa shape index (κ1) is 13.4. The van der Waals surface area contributed by atoms with Gasteiger partial charge in [0.2, 0.25) is 13.6 Å². The van der Waals surface area contributed by atoms with Crippen molar-refractivity contribution in [2.45, 2.75) is 13.2 Å². The van der Waals surface area contributed by atoms with Gasteiger partial charge in [0.1, 0.15) is 0 Å². The molecule has 0 amide bonds. The third kappa shape index (κ3) is 1.81. The summed E-state index contributed by atoms with van der Waals surface area (Å²) in [4.78, 5) is 0. The highest BCUT2D eigenvalue weighted by Crippen LogP contribution is 2.48. The average molecular weight is 334 g/mol. The lowest BCUT2D eigenvalue weighted by molar-refractivity contribution is 0.134. The molecule has 0 atom stereocenters. The van der Waals surface area contributed by atoms with Gasteiger partial charge in [0.15, 0.2) is 23.0 Å². The van der Waals surface area contributed by atoms with Crippen LogP contribution in [0.1, 0.15) is 11.1 Å². The summed E-state index contributed by atoms with van der Waals surface area (Å²) in [6, 6.07) is 12.3. The smallest absolute Gasteiger partial charge is 0.231 e. The van der Waals surface area contributed by atoms with Crippen molar-refractivity contribution in [2.24, 2.45) is 0 Å². The number of fused-ring (bicyclic) bond motifs is 5. The summed E-state index contributed by atoms with van der Waals surface area (Å²) in [5.74, 6) is 3.14. The van der Waals surface area contributed by atoms with E-state index in [0.717, 1.165) is 44.9 Å². The van der Waals surface area contributed by atoms with E-state index in [2.05, 4.69) is 18.2 Å². The predicted molar refractivity (Wildman–Crippen MR) is 90.1 cm³/mol. The highest BCUT2D eigenvalue weighted by atomic mass is 16.7. The van der Waals surface area contributed by atoms with E-state index in [9.17, 15) is 0 Å². The lowest BCUT2D eigenvalue weighted by Crippen LogP contribution is -1.95. The van der Waals surface area contributed by atoms with Crippen LogP contribution in [-0.4, -0.2) is 13.6 Å². The summed E-state index contributed by atoms with van der Waals surface area (Å²) in [6.45, 7) is 1.75. The summed E-state index contributed by atoms with van der Waals surface area (Å²) >= 11 is 0. The maximum Gasteiger partial charge on any atom is 0.231 e. The van der Waals surface area contributed by atoms with Gasteiger partial charge in [-0.1, -0.05) is 12.1 Å². The summed E-state index contributed by atoms with van der Waals surface area (Å²) in [5.41, 5.74) is 4.63. The molecule has 5 heteroatoms. The molecule has 5 nitrogen and oxygen atoms in total. The zero-order chi connectivity index (χ0) is 16.4. The molecule has 124 valence electrons. The molecule has 0 radical (unpaired) electrons. The van der Waals surface area contributed by atoms with E-state index >= 15 is 0 Å². The minimum absolute atomic E-state index is 0.253. The molecule has 0 saturated carbocycles. The molecule has 3 aromatic carbocycles. The van der Waals surface area contributed by atoms with Gasteiger partial charge >= 0.3 is 0 Å². The van der Waals surface area contributed by atoms with Crippen molar-refractivity contribution >= 4 is 10.8 Å². The number of rotatable bonds is 1. The molecule has 25 heavy (non-hydrogen) atoms. The maximum absolute atomic E-state index is 5.81. The molecule has 0 saturated heterocycles. The molecule has 0 spiro atoms. The monoisotopic (exact) mass is 334 g/mol. The van der Waals surface area contributed by atoms with E-state index in [1.807, 2.05) is 18.2 Å². The third-order valence-corrected chi connectivity index (χ3v) is 5.01. The minimum Gasteiger partial charge on any atom is -0.454 e. The number of benzene rings is 3. The Morgan fingerprint density at radius 2 is 1.56 bits per heavy atom. The SMILES string of the molecule is c1cc2c(cc1-c1c3c(cc4ccc5c(c14)OCO5)COC3)OCO2. The fraction of sp³-hybridized carbons (Fsp3) is 0.200. The minimum atomic E-state index is 0.253. The zero-order valence-corrected chi connectivity index (χ0v) is 13.3. The number of hydrogen-bond donors (Lipinski definition) is 0. The van der Waals surface area contributed by atoms with Gasteiger partial charge in [-0.3, -0.25) is 0 Å². The van der Waals surface area contributed by atoms with Crippen molar-refractivity contribution in [1.29, 1.82) is 0 Å². The van der Waals surface area contributed by atoms with Crippen molar-refractivity contribution < 1.29 is 23.7 Å². The van der Waals surface area contributed by atoms with Crippen molar-refractivity contribution in [3.8, 4) is 34.1 Å². The summed E-state index contributed by atoms with van der Waals surface area (Å²) in [5, 5.41) is 2.19. The quantitative estimate of drug-likeness (QED) is 0.673. The van der Waals surface area contributed by atoms with Crippen LogP contribution in [0.25, 0.3) is 21.9 Å². The van der Waals surface area contributed by atoms with Gasteiger partial charge in [-0.25, -0.2) is 0 Å². The zero-order valence-electron chi connectivity index (χ0n) is 13.3. The topological polar surface area (TPSA) is 46.2 Å². The van der Waals surface area contributed by atoms with E-state index in [1.54, 1.807) is 0 Å². The second-order valence-electron chi connectivity index (χ2n) is 6.35. The Hall–Kier alpha value is -2.92. The van der Waals surface area contributed by atoms with Gasteiger partial charge in [-0.2, -0.15) is 0 Å². The van der Waals surface area contributed by atoms with Crippen LogP contribution in [0.15, 0.2) is 36.4 Å². The Kier molecular flexibility index (Phi) is 2.57. The van der Waals surface area contributed by atoms with Crippen LogP contribution in [0.4, 0.5) is 0 Å². The van der Waals surface area contributed by atoms with E-state index in [1.165, 1.54) is 11.1 Å². The fourth-order valence-corrected chi connectivity index (χ4v) is 3.88. The molecule has 0 unspecified atom stereocenters. The Labute approximate surface area is 143 Å². The second kappa shape index (κ2) is 4.80. The van der Waals surface area contributed by atoms with Crippen LogP contribution in [0.5, 0.6) is 23.0 Å². The lowest BCUT2D eigenvalue weighted by Gasteiger charge is -2.15. The first-order valence-corrected chi connectivity index (χ1v) is 8.23. The van der Waals surface area contributed by atoms with Gasteiger partial charge in [-0.05, 0) is 51.9 Å². The molecule has 0 N–H and O–H groups in total. The summed E-state index contributed by atoms with van der Waals surface area (Å²) in [7, 11) is 0. The first-order chi connectivity index (χ1) is 12.4. The largest absolute Gasteiger partial charge is 0.454 e. The van der Waals surface area contributed by atoms with Crippen molar-refractivity contribution in [2.75, 3.05) is 13.6 Å². The fourth-order valence-electron chi connectivity index (χ4n) is 3.88. The Morgan fingerprint density at radius 3 is 2.56 bits per heavy atom. The number of ether oxygens (including phenoxy) is 5. The van der Waals surface area contributed by atoms with E-state index in [0.29, 0.717) is 13.2 Å². The maximum atomic E-state index is 5.81.